The fourth-order valence-corrected chi connectivity index (χ4v) is 3.28. The van der Waals surface area contributed by atoms with Crippen LogP contribution in [-0.2, 0) is 6.54 Å². The SMILES string of the molecule is CCCCN(Cc1cccc2c1OCO2)C(=O)c1ccc2c(c1)OCCO2. The van der Waals surface area contributed by atoms with E-state index in [0.717, 1.165) is 29.9 Å². The predicted octanol–water partition coefficient (Wildman–Crippen LogP) is 3.63. The lowest BCUT2D eigenvalue weighted by molar-refractivity contribution is 0.0738. The Hall–Kier alpha value is -2.89. The molecule has 2 aromatic rings. The molecule has 0 N–H and O–H groups in total. The molecule has 0 saturated carbocycles. The van der Waals surface area contributed by atoms with Gasteiger partial charge in [-0.05, 0) is 30.7 Å². The summed E-state index contributed by atoms with van der Waals surface area (Å²) in [6.07, 6.45) is 1.94. The van der Waals surface area contributed by atoms with Gasteiger partial charge in [-0.15, -0.1) is 0 Å². The first-order valence-corrected chi connectivity index (χ1v) is 9.32. The molecule has 0 aliphatic carbocycles. The van der Waals surface area contributed by atoms with Crippen LogP contribution in [0.2, 0.25) is 0 Å². The van der Waals surface area contributed by atoms with Crippen molar-refractivity contribution in [1.82, 2.24) is 4.90 Å². The van der Waals surface area contributed by atoms with Gasteiger partial charge in [0.2, 0.25) is 6.79 Å². The number of unbranched alkanes of at least 4 members (excludes halogenated alkanes) is 1. The highest BCUT2D eigenvalue weighted by Gasteiger charge is 2.23. The Morgan fingerprint density at radius 3 is 2.70 bits per heavy atom. The lowest BCUT2D eigenvalue weighted by atomic mass is 10.1. The van der Waals surface area contributed by atoms with Crippen molar-refractivity contribution in [2.75, 3.05) is 26.6 Å². The van der Waals surface area contributed by atoms with Crippen LogP contribution < -0.4 is 18.9 Å². The molecule has 27 heavy (non-hydrogen) atoms. The average Bonchev–Trinajstić information content (AvgIpc) is 3.20. The highest BCUT2D eigenvalue weighted by Crippen LogP contribution is 2.36. The summed E-state index contributed by atoms with van der Waals surface area (Å²) < 4.78 is 22.2. The molecule has 6 nitrogen and oxygen atoms in total. The molecule has 0 saturated heterocycles. The van der Waals surface area contributed by atoms with E-state index in [1.165, 1.54) is 0 Å². The summed E-state index contributed by atoms with van der Waals surface area (Å²) in [7, 11) is 0. The second-order valence-corrected chi connectivity index (χ2v) is 6.59. The zero-order valence-electron chi connectivity index (χ0n) is 15.4. The molecule has 4 rings (SSSR count). The van der Waals surface area contributed by atoms with E-state index in [4.69, 9.17) is 18.9 Å². The summed E-state index contributed by atoms with van der Waals surface area (Å²) in [5.41, 5.74) is 1.55. The van der Waals surface area contributed by atoms with Crippen molar-refractivity contribution >= 4 is 5.91 Å². The van der Waals surface area contributed by atoms with Gasteiger partial charge < -0.3 is 23.8 Å². The molecule has 0 bridgehead atoms. The largest absolute Gasteiger partial charge is 0.486 e. The van der Waals surface area contributed by atoms with Gasteiger partial charge in [-0.1, -0.05) is 25.5 Å². The highest BCUT2D eigenvalue weighted by atomic mass is 16.7. The van der Waals surface area contributed by atoms with E-state index in [2.05, 4.69) is 6.92 Å². The number of carbonyl (C=O) groups excluding carboxylic acids is 1. The number of para-hydroxylation sites is 1. The molecule has 0 fully saturated rings. The molecular weight excluding hydrogens is 346 g/mol. The normalized spacial score (nSPS) is 14.1. The van der Waals surface area contributed by atoms with Gasteiger partial charge in [0.15, 0.2) is 23.0 Å². The maximum Gasteiger partial charge on any atom is 0.254 e. The highest BCUT2D eigenvalue weighted by molar-refractivity contribution is 5.95. The zero-order chi connectivity index (χ0) is 18.6. The summed E-state index contributed by atoms with van der Waals surface area (Å²) in [5, 5.41) is 0. The maximum absolute atomic E-state index is 13.2. The van der Waals surface area contributed by atoms with Crippen LogP contribution in [0, 0.1) is 0 Å². The van der Waals surface area contributed by atoms with Crippen molar-refractivity contribution < 1.29 is 23.7 Å². The molecule has 6 heteroatoms. The van der Waals surface area contributed by atoms with E-state index >= 15 is 0 Å². The van der Waals surface area contributed by atoms with Gasteiger partial charge in [0, 0.05) is 24.2 Å². The molecule has 2 aromatic carbocycles. The molecule has 0 radical (unpaired) electrons. The Labute approximate surface area is 158 Å². The Morgan fingerprint density at radius 2 is 1.85 bits per heavy atom. The number of rotatable bonds is 6. The number of benzene rings is 2. The Morgan fingerprint density at radius 1 is 1.00 bits per heavy atom. The van der Waals surface area contributed by atoms with Crippen molar-refractivity contribution in [3.63, 3.8) is 0 Å². The van der Waals surface area contributed by atoms with Crippen molar-refractivity contribution in [3.05, 3.63) is 47.5 Å². The van der Waals surface area contributed by atoms with Crippen LogP contribution in [0.25, 0.3) is 0 Å². The first kappa shape index (κ1) is 17.5. The minimum absolute atomic E-state index is 0.0306. The van der Waals surface area contributed by atoms with Gasteiger partial charge in [0.1, 0.15) is 13.2 Å². The molecule has 0 atom stereocenters. The lowest BCUT2D eigenvalue weighted by Crippen LogP contribution is -2.31. The van der Waals surface area contributed by atoms with Crippen molar-refractivity contribution in [2.24, 2.45) is 0 Å². The van der Waals surface area contributed by atoms with Crippen molar-refractivity contribution in [1.29, 1.82) is 0 Å². The van der Waals surface area contributed by atoms with Gasteiger partial charge in [-0.3, -0.25) is 4.79 Å². The smallest absolute Gasteiger partial charge is 0.254 e. The Balaban J connectivity index is 1.58. The van der Waals surface area contributed by atoms with Crippen LogP contribution in [-0.4, -0.2) is 37.4 Å². The molecule has 142 valence electrons. The van der Waals surface area contributed by atoms with Crippen LogP contribution in [0.15, 0.2) is 36.4 Å². The predicted molar refractivity (Wildman–Crippen MR) is 99.6 cm³/mol. The monoisotopic (exact) mass is 369 g/mol. The third-order valence-electron chi connectivity index (χ3n) is 4.70. The number of fused-ring (bicyclic) bond motifs is 2. The summed E-state index contributed by atoms with van der Waals surface area (Å²) in [6.45, 7) is 4.51. The number of ether oxygens (including phenoxy) is 4. The second kappa shape index (κ2) is 7.78. The quantitative estimate of drug-likeness (QED) is 0.778. The van der Waals surface area contributed by atoms with E-state index in [0.29, 0.717) is 43.4 Å². The number of carbonyl (C=O) groups is 1. The molecule has 2 aliphatic rings. The van der Waals surface area contributed by atoms with Gasteiger partial charge in [0.05, 0.1) is 0 Å². The fourth-order valence-electron chi connectivity index (χ4n) is 3.28. The maximum atomic E-state index is 13.2. The standard InChI is InChI=1S/C21H23NO5/c1-2-3-9-22(13-16-5-4-6-18-20(16)27-14-26-18)21(23)15-7-8-17-19(12-15)25-11-10-24-17/h4-8,12H,2-3,9-11,13-14H2,1H3. The van der Waals surface area contributed by atoms with Gasteiger partial charge in [0.25, 0.3) is 5.91 Å². The zero-order valence-corrected chi connectivity index (χ0v) is 15.4. The molecule has 2 aliphatic heterocycles. The van der Waals surface area contributed by atoms with Crippen LogP contribution >= 0.6 is 0 Å². The summed E-state index contributed by atoms with van der Waals surface area (Å²) in [6, 6.07) is 11.1. The van der Waals surface area contributed by atoms with E-state index in [1.54, 1.807) is 18.2 Å². The van der Waals surface area contributed by atoms with Crippen LogP contribution in [0.4, 0.5) is 0 Å². The average molecular weight is 369 g/mol. The molecule has 0 aromatic heterocycles. The molecule has 0 unspecified atom stereocenters. The number of amides is 1. The summed E-state index contributed by atoms with van der Waals surface area (Å²) >= 11 is 0. The fraction of sp³-hybridized carbons (Fsp3) is 0.381. The lowest BCUT2D eigenvalue weighted by Gasteiger charge is -2.24. The summed E-state index contributed by atoms with van der Waals surface area (Å²) in [4.78, 5) is 15.1. The van der Waals surface area contributed by atoms with Gasteiger partial charge in [-0.2, -0.15) is 0 Å². The van der Waals surface area contributed by atoms with E-state index in [-0.39, 0.29) is 12.7 Å². The number of hydrogen-bond acceptors (Lipinski definition) is 5. The van der Waals surface area contributed by atoms with Crippen LogP contribution in [0.1, 0.15) is 35.7 Å². The van der Waals surface area contributed by atoms with Crippen LogP contribution in [0.3, 0.4) is 0 Å². The Bertz CT molecular complexity index is 835. The number of nitrogens with zero attached hydrogens (tertiary/aromatic N) is 1. The Kier molecular flexibility index (Phi) is 5.05. The van der Waals surface area contributed by atoms with Crippen molar-refractivity contribution in [2.45, 2.75) is 26.3 Å². The third kappa shape index (κ3) is 3.65. The number of hydrogen-bond donors (Lipinski definition) is 0. The third-order valence-corrected chi connectivity index (χ3v) is 4.70. The van der Waals surface area contributed by atoms with Gasteiger partial charge >= 0.3 is 0 Å². The van der Waals surface area contributed by atoms with Crippen LogP contribution in [0.5, 0.6) is 23.0 Å². The minimum Gasteiger partial charge on any atom is -0.486 e. The first-order valence-electron chi connectivity index (χ1n) is 9.32. The van der Waals surface area contributed by atoms with Gasteiger partial charge in [-0.25, -0.2) is 0 Å². The first-order chi connectivity index (χ1) is 13.3. The van der Waals surface area contributed by atoms with E-state index < -0.39 is 0 Å². The second-order valence-electron chi connectivity index (χ2n) is 6.59. The van der Waals surface area contributed by atoms with Crippen molar-refractivity contribution in [3.8, 4) is 23.0 Å². The molecular formula is C21H23NO5. The summed E-state index contributed by atoms with van der Waals surface area (Å²) in [5.74, 6) is 2.74. The topological polar surface area (TPSA) is 57.2 Å². The molecule has 0 spiro atoms. The minimum atomic E-state index is -0.0306. The molecule has 1 amide bonds. The molecule has 2 heterocycles. The van der Waals surface area contributed by atoms with E-state index in [1.807, 2.05) is 23.1 Å². The van der Waals surface area contributed by atoms with E-state index in [9.17, 15) is 4.79 Å².